The van der Waals surface area contributed by atoms with Gasteiger partial charge in [0.2, 0.25) is 5.89 Å². The summed E-state index contributed by atoms with van der Waals surface area (Å²) < 4.78 is 5.48. The summed E-state index contributed by atoms with van der Waals surface area (Å²) in [6.07, 6.45) is 4.17. The van der Waals surface area contributed by atoms with E-state index in [1.165, 1.54) is 0 Å². The van der Waals surface area contributed by atoms with E-state index >= 15 is 0 Å². The van der Waals surface area contributed by atoms with E-state index in [1.54, 1.807) is 0 Å². The van der Waals surface area contributed by atoms with Crippen LogP contribution in [0.5, 0.6) is 0 Å². The molecule has 112 valence electrons. The highest BCUT2D eigenvalue weighted by atomic mass is 16.5. The number of aromatic nitrogens is 2. The molecule has 2 N–H and O–H groups in total. The average molecular weight is 279 g/mol. The molecule has 1 aromatic rings. The maximum atomic E-state index is 6.48. The van der Waals surface area contributed by atoms with Crippen LogP contribution in [0.15, 0.2) is 4.52 Å². The molecule has 3 rings (SSSR count). The third-order valence-electron chi connectivity index (χ3n) is 4.79. The molecule has 0 bridgehead atoms. The van der Waals surface area contributed by atoms with Gasteiger partial charge < -0.3 is 20.1 Å². The fourth-order valence-electron chi connectivity index (χ4n) is 3.04. The Morgan fingerprint density at radius 2 is 1.85 bits per heavy atom. The number of nitrogens with two attached hydrogens (primary N) is 1. The Kier molecular flexibility index (Phi) is 3.69. The van der Waals surface area contributed by atoms with Gasteiger partial charge >= 0.3 is 0 Å². The quantitative estimate of drug-likeness (QED) is 0.876. The van der Waals surface area contributed by atoms with Crippen molar-refractivity contribution in [2.75, 3.05) is 38.1 Å². The van der Waals surface area contributed by atoms with Gasteiger partial charge in [-0.2, -0.15) is 4.98 Å². The van der Waals surface area contributed by atoms with E-state index in [9.17, 15) is 0 Å². The molecule has 6 heteroatoms. The Balaban J connectivity index is 1.70. The molecule has 0 radical (unpaired) electrons. The summed E-state index contributed by atoms with van der Waals surface area (Å²) >= 11 is 0. The van der Waals surface area contributed by atoms with Gasteiger partial charge in [0, 0.05) is 26.2 Å². The lowest BCUT2D eigenvalue weighted by Gasteiger charge is -2.33. The van der Waals surface area contributed by atoms with E-state index in [4.69, 9.17) is 10.3 Å². The highest BCUT2D eigenvalue weighted by Crippen LogP contribution is 2.37. The molecule has 0 aromatic carbocycles. The van der Waals surface area contributed by atoms with Crippen LogP contribution in [0.25, 0.3) is 0 Å². The minimum atomic E-state index is -0.412. The molecule has 1 aliphatic heterocycles. The Morgan fingerprint density at radius 1 is 1.20 bits per heavy atom. The smallest absolute Gasteiger partial charge is 0.266 e. The highest BCUT2D eigenvalue weighted by molar-refractivity contribution is 5.29. The topological polar surface area (TPSA) is 71.4 Å². The van der Waals surface area contributed by atoms with Gasteiger partial charge in [0.15, 0.2) is 0 Å². The van der Waals surface area contributed by atoms with E-state index in [2.05, 4.69) is 33.9 Å². The van der Waals surface area contributed by atoms with Crippen molar-refractivity contribution in [3.63, 3.8) is 0 Å². The van der Waals surface area contributed by atoms with Gasteiger partial charge in [-0.1, -0.05) is 6.92 Å². The first-order valence-corrected chi connectivity index (χ1v) is 7.63. The first-order chi connectivity index (χ1) is 9.57. The van der Waals surface area contributed by atoms with Gasteiger partial charge in [0.1, 0.15) is 0 Å². The molecule has 1 aromatic heterocycles. The first-order valence-electron chi connectivity index (χ1n) is 7.63. The molecule has 20 heavy (non-hydrogen) atoms. The Labute approximate surface area is 120 Å². The maximum absolute atomic E-state index is 6.48. The highest BCUT2D eigenvalue weighted by Gasteiger charge is 2.37. The average Bonchev–Trinajstić information content (AvgIpc) is 2.94. The molecule has 2 heterocycles. The summed E-state index contributed by atoms with van der Waals surface area (Å²) in [7, 11) is 2.14. The van der Waals surface area contributed by atoms with E-state index in [-0.39, 0.29) is 0 Å². The van der Waals surface area contributed by atoms with E-state index in [0.29, 0.717) is 11.8 Å². The molecule has 0 unspecified atom stereocenters. The van der Waals surface area contributed by atoms with Crippen molar-refractivity contribution in [1.82, 2.24) is 15.0 Å². The summed E-state index contributed by atoms with van der Waals surface area (Å²) in [4.78, 5) is 9.08. The molecule has 1 saturated carbocycles. The number of nitrogens with zero attached hydrogens (tertiary/aromatic N) is 4. The predicted octanol–water partition coefficient (Wildman–Crippen LogP) is 1.19. The van der Waals surface area contributed by atoms with Gasteiger partial charge in [0.05, 0.1) is 5.54 Å². The normalized spacial score (nSPS) is 32.5. The fraction of sp³-hybridized carbons (Fsp3) is 0.857. The minimum absolute atomic E-state index is 0.412. The van der Waals surface area contributed by atoms with Crippen molar-refractivity contribution in [2.24, 2.45) is 11.7 Å². The number of hydrogen-bond donors (Lipinski definition) is 1. The Bertz CT molecular complexity index is 444. The Morgan fingerprint density at radius 3 is 2.50 bits per heavy atom. The fourth-order valence-corrected chi connectivity index (χ4v) is 3.04. The van der Waals surface area contributed by atoms with E-state index in [0.717, 1.165) is 57.8 Å². The molecule has 2 fully saturated rings. The summed E-state index contributed by atoms with van der Waals surface area (Å²) in [6.45, 7) is 6.25. The first kappa shape index (κ1) is 13.8. The monoisotopic (exact) mass is 279 g/mol. The van der Waals surface area contributed by atoms with Crippen LogP contribution < -0.4 is 10.6 Å². The van der Waals surface area contributed by atoms with Gasteiger partial charge in [-0.05, 0) is 43.8 Å². The van der Waals surface area contributed by atoms with Crippen LogP contribution in [0.2, 0.25) is 0 Å². The number of piperazine rings is 1. The van der Waals surface area contributed by atoms with Gasteiger partial charge in [-0.3, -0.25) is 0 Å². The van der Waals surface area contributed by atoms with Crippen molar-refractivity contribution >= 4 is 5.95 Å². The molecule has 0 atom stereocenters. The minimum Gasteiger partial charge on any atom is -0.336 e. The van der Waals surface area contributed by atoms with Crippen molar-refractivity contribution in [3.05, 3.63) is 5.89 Å². The van der Waals surface area contributed by atoms with Gasteiger partial charge in [-0.25, -0.2) is 0 Å². The second-order valence-corrected chi connectivity index (χ2v) is 6.53. The van der Waals surface area contributed by atoms with Crippen LogP contribution >= 0.6 is 0 Å². The maximum Gasteiger partial charge on any atom is 0.266 e. The lowest BCUT2D eigenvalue weighted by atomic mass is 9.78. The number of hydrogen-bond acceptors (Lipinski definition) is 6. The zero-order chi connectivity index (χ0) is 14.2. The number of anilines is 1. The van der Waals surface area contributed by atoms with Crippen molar-refractivity contribution in [3.8, 4) is 0 Å². The van der Waals surface area contributed by atoms with Crippen molar-refractivity contribution in [2.45, 2.75) is 38.1 Å². The molecule has 6 nitrogen and oxygen atoms in total. The molecular weight excluding hydrogens is 254 g/mol. The van der Waals surface area contributed by atoms with Gasteiger partial charge in [0.25, 0.3) is 5.95 Å². The molecule has 0 amide bonds. The standard InChI is InChI=1S/C14H25N5O/c1-11-3-5-14(15,6-4-11)12-16-13(17-20-12)19-9-7-18(2)8-10-19/h11H,3-10,15H2,1-2H3. The molecule has 1 saturated heterocycles. The summed E-state index contributed by atoms with van der Waals surface area (Å²) in [6, 6.07) is 0. The third-order valence-corrected chi connectivity index (χ3v) is 4.79. The molecular formula is C14H25N5O. The van der Waals surface area contributed by atoms with Crippen LogP contribution in [0, 0.1) is 5.92 Å². The molecule has 1 aliphatic carbocycles. The van der Waals surface area contributed by atoms with Crippen LogP contribution in [-0.4, -0.2) is 48.3 Å². The Hall–Kier alpha value is -1.14. The second-order valence-electron chi connectivity index (χ2n) is 6.53. The second kappa shape index (κ2) is 5.33. The lowest BCUT2D eigenvalue weighted by molar-refractivity contribution is 0.190. The number of rotatable bonds is 2. The van der Waals surface area contributed by atoms with E-state index < -0.39 is 5.54 Å². The van der Waals surface area contributed by atoms with Gasteiger partial charge in [-0.15, -0.1) is 0 Å². The molecule has 2 aliphatic rings. The zero-order valence-electron chi connectivity index (χ0n) is 12.5. The largest absolute Gasteiger partial charge is 0.336 e. The van der Waals surface area contributed by atoms with Crippen LogP contribution in [0.1, 0.15) is 38.5 Å². The third kappa shape index (κ3) is 2.67. The summed E-state index contributed by atoms with van der Waals surface area (Å²) in [5.74, 6) is 2.08. The number of likely N-dealkylation sites (N-methyl/N-ethyl adjacent to an activating group) is 1. The SMILES string of the molecule is CC1CCC(N)(c2nc(N3CCN(C)CC3)no2)CC1. The predicted molar refractivity (Wildman–Crippen MR) is 77.5 cm³/mol. The van der Waals surface area contributed by atoms with Crippen LogP contribution in [0.4, 0.5) is 5.95 Å². The van der Waals surface area contributed by atoms with Crippen molar-refractivity contribution in [1.29, 1.82) is 0 Å². The lowest BCUT2D eigenvalue weighted by Crippen LogP contribution is -2.45. The van der Waals surface area contributed by atoms with Crippen LogP contribution in [-0.2, 0) is 5.54 Å². The van der Waals surface area contributed by atoms with Crippen LogP contribution in [0.3, 0.4) is 0 Å². The van der Waals surface area contributed by atoms with Crippen molar-refractivity contribution < 1.29 is 4.52 Å². The van der Waals surface area contributed by atoms with E-state index in [1.807, 2.05) is 0 Å². The zero-order valence-corrected chi connectivity index (χ0v) is 12.5. The molecule has 0 spiro atoms. The summed E-state index contributed by atoms with van der Waals surface area (Å²) in [5.41, 5.74) is 6.07. The summed E-state index contributed by atoms with van der Waals surface area (Å²) in [5, 5.41) is 4.15.